The van der Waals surface area contributed by atoms with E-state index in [0.29, 0.717) is 19.0 Å². The van der Waals surface area contributed by atoms with Crippen LogP contribution in [0.4, 0.5) is 0 Å². The van der Waals surface area contributed by atoms with E-state index >= 15 is 0 Å². The SMILES string of the molecule is CC1(C)Oc2cc(CCCc3cccc(Cl)c3)cc(OC(=O)CN3CCOCC3)c2C2=C1CCC2. The number of carbonyl (C=O) groups is 1. The minimum absolute atomic E-state index is 0.227. The molecule has 2 aliphatic heterocycles. The molecule has 0 spiro atoms. The van der Waals surface area contributed by atoms with Gasteiger partial charge in [0.2, 0.25) is 0 Å². The van der Waals surface area contributed by atoms with Gasteiger partial charge in [0.1, 0.15) is 17.1 Å². The van der Waals surface area contributed by atoms with Gasteiger partial charge in [-0.2, -0.15) is 0 Å². The van der Waals surface area contributed by atoms with Crippen molar-refractivity contribution in [2.24, 2.45) is 0 Å². The maximum atomic E-state index is 13.0. The Kier molecular flexibility index (Phi) is 7.19. The van der Waals surface area contributed by atoms with Gasteiger partial charge in [0, 0.05) is 18.1 Å². The third-order valence-corrected chi connectivity index (χ3v) is 7.47. The maximum absolute atomic E-state index is 13.0. The van der Waals surface area contributed by atoms with E-state index in [1.54, 1.807) is 0 Å². The van der Waals surface area contributed by atoms with E-state index in [4.69, 9.17) is 25.8 Å². The number of morpholine rings is 1. The smallest absolute Gasteiger partial charge is 0.325 e. The first-order valence-corrected chi connectivity index (χ1v) is 13.1. The zero-order valence-corrected chi connectivity index (χ0v) is 21.5. The van der Waals surface area contributed by atoms with Crippen LogP contribution >= 0.6 is 11.6 Å². The Labute approximate surface area is 213 Å². The van der Waals surface area contributed by atoms with Gasteiger partial charge in [0.25, 0.3) is 0 Å². The molecule has 0 radical (unpaired) electrons. The zero-order valence-electron chi connectivity index (χ0n) is 20.7. The largest absolute Gasteiger partial charge is 0.483 e. The summed E-state index contributed by atoms with van der Waals surface area (Å²) in [7, 11) is 0. The van der Waals surface area contributed by atoms with Gasteiger partial charge in [-0.25, -0.2) is 0 Å². The third-order valence-electron chi connectivity index (χ3n) is 7.24. The van der Waals surface area contributed by atoms with E-state index in [0.717, 1.165) is 73.5 Å². The molecule has 0 bridgehead atoms. The number of nitrogens with zero attached hydrogens (tertiary/aromatic N) is 1. The van der Waals surface area contributed by atoms with Crippen molar-refractivity contribution in [2.75, 3.05) is 32.8 Å². The second kappa shape index (κ2) is 10.3. The molecular formula is C29H34ClNO4. The number of carbonyl (C=O) groups excluding carboxylic acids is 1. The van der Waals surface area contributed by atoms with Crippen molar-refractivity contribution in [3.05, 3.63) is 63.7 Å². The Morgan fingerprint density at radius 3 is 2.69 bits per heavy atom. The summed E-state index contributed by atoms with van der Waals surface area (Å²) in [4.78, 5) is 15.0. The fraction of sp³-hybridized carbons (Fsp3) is 0.483. The average Bonchev–Trinajstić information content (AvgIpc) is 3.30. The van der Waals surface area contributed by atoms with Crippen molar-refractivity contribution in [2.45, 2.75) is 58.0 Å². The average molecular weight is 496 g/mol. The van der Waals surface area contributed by atoms with Crippen molar-refractivity contribution in [1.82, 2.24) is 4.90 Å². The van der Waals surface area contributed by atoms with E-state index < -0.39 is 0 Å². The molecule has 1 saturated heterocycles. The predicted molar refractivity (Wildman–Crippen MR) is 138 cm³/mol. The van der Waals surface area contributed by atoms with Crippen molar-refractivity contribution < 1.29 is 19.0 Å². The van der Waals surface area contributed by atoms with Crippen LogP contribution in [0.5, 0.6) is 11.5 Å². The lowest BCUT2D eigenvalue weighted by atomic mass is 9.86. The van der Waals surface area contributed by atoms with Crippen LogP contribution in [0.15, 0.2) is 42.0 Å². The highest BCUT2D eigenvalue weighted by Gasteiger charge is 2.39. The van der Waals surface area contributed by atoms with Gasteiger partial charge >= 0.3 is 5.97 Å². The van der Waals surface area contributed by atoms with Gasteiger partial charge in [-0.1, -0.05) is 23.7 Å². The number of hydrogen-bond donors (Lipinski definition) is 0. The van der Waals surface area contributed by atoms with Crippen molar-refractivity contribution in [3.63, 3.8) is 0 Å². The molecule has 5 nitrogen and oxygen atoms in total. The highest BCUT2D eigenvalue weighted by molar-refractivity contribution is 6.30. The topological polar surface area (TPSA) is 48.0 Å². The Hall–Kier alpha value is -2.34. The number of allylic oxidation sites excluding steroid dienone is 1. The number of halogens is 1. The molecule has 0 saturated carbocycles. The lowest BCUT2D eigenvalue weighted by molar-refractivity contribution is -0.136. The Morgan fingerprint density at radius 2 is 1.89 bits per heavy atom. The lowest BCUT2D eigenvalue weighted by Crippen LogP contribution is -2.40. The third kappa shape index (κ3) is 5.58. The Bertz CT molecular complexity index is 1130. The summed E-state index contributed by atoms with van der Waals surface area (Å²) < 4.78 is 18.0. The fourth-order valence-electron chi connectivity index (χ4n) is 5.55. The molecule has 5 rings (SSSR count). The van der Waals surface area contributed by atoms with Crippen LogP contribution in [0, 0.1) is 0 Å². The van der Waals surface area contributed by atoms with Crippen LogP contribution in [0.2, 0.25) is 5.02 Å². The van der Waals surface area contributed by atoms with Gasteiger partial charge in [-0.15, -0.1) is 0 Å². The second-order valence-corrected chi connectivity index (χ2v) is 10.7. The van der Waals surface area contributed by atoms with Crippen molar-refractivity contribution >= 4 is 23.1 Å². The molecule has 186 valence electrons. The second-order valence-electron chi connectivity index (χ2n) is 10.2. The van der Waals surface area contributed by atoms with E-state index in [9.17, 15) is 4.79 Å². The van der Waals surface area contributed by atoms with Crippen LogP contribution in [0.25, 0.3) is 5.57 Å². The summed E-state index contributed by atoms with van der Waals surface area (Å²) in [6.45, 7) is 7.38. The number of rotatable bonds is 7. The molecule has 2 aromatic rings. The van der Waals surface area contributed by atoms with Gasteiger partial charge < -0.3 is 14.2 Å². The molecule has 2 aromatic carbocycles. The predicted octanol–water partition coefficient (Wildman–Crippen LogP) is 5.86. The molecular weight excluding hydrogens is 462 g/mol. The number of esters is 1. The number of benzene rings is 2. The quantitative estimate of drug-likeness (QED) is 0.355. The molecule has 0 aromatic heterocycles. The van der Waals surface area contributed by atoms with Crippen LogP contribution in [0.1, 0.15) is 56.2 Å². The first-order valence-electron chi connectivity index (χ1n) is 12.7. The van der Waals surface area contributed by atoms with E-state index in [1.807, 2.05) is 18.2 Å². The minimum Gasteiger partial charge on any atom is -0.483 e. The molecule has 1 aliphatic carbocycles. The van der Waals surface area contributed by atoms with E-state index in [1.165, 1.54) is 16.7 Å². The van der Waals surface area contributed by atoms with Crippen LogP contribution in [-0.4, -0.2) is 49.3 Å². The minimum atomic E-state index is -0.340. The first-order chi connectivity index (χ1) is 16.9. The molecule has 35 heavy (non-hydrogen) atoms. The van der Waals surface area contributed by atoms with Crippen molar-refractivity contribution in [1.29, 1.82) is 0 Å². The summed E-state index contributed by atoms with van der Waals surface area (Å²) in [6, 6.07) is 12.2. The normalized spacial score (nSPS) is 19.2. The molecule has 2 heterocycles. The van der Waals surface area contributed by atoms with Crippen molar-refractivity contribution in [3.8, 4) is 11.5 Å². The highest BCUT2D eigenvalue weighted by Crippen LogP contribution is 2.52. The van der Waals surface area contributed by atoms with Gasteiger partial charge in [-0.3, -0.25) is 9.69 Å². The van der Waals surface area contributed by atoms with E-state index in [-0.39, 0.29) is 18.1 Å². The van der Waals surface area contributed by atoms with Gasteiger partial charge in [0.15, 0.2) is 0 Å². The van der Waals surface area contributed by atoms with Crippen LogP contribution in [0.3, 0.4) is 0 Å². The van der Waals surface area contributed by atoms with E-state index in [2.05, 4.69) is 36.9 Å². The summed E-state index contributed by atoms with van der Waals surface area (Å²) in [6.07, 6.45) is 5.91. The number of hydrogen-bond acceptors (Lipinski definition) is 5. The standard InChI is InChI=1S/C29H34ClNO4/c1-29(2)24-11-5-10-23(24)28-25(34-27(32)19-31-12-14-33-15-13-31)17-21(18-26(28)35-29)8-3-6-20-7-4-9-22(30)16-20/h4,7,9,16-18H,3,5-6,8,10-15,19H2,1-2H3. The van der Waals surface area contributed by atoms with Gasteiger partial charge in [-0.05, 0) is 98.9 Å². The highest BCUT2D eigenvalue weighted by atomic mass is 35.5. The molecule has 0 atom stereocenters. The molecule has 1 fully saturated rings. The first kappa shape index (κ1) is 24.4. The number of ether oxygens (including phenoxy) is 3. The summed E-state index contributed by atoms with van der Waals surface area (Å²) >= 11 is 6.15. The Morgan fingerprint density at radius 1 is 1.09 bits per heavy atom. The zero-order chi connectivity index (χ0) is 24.4. The molecule has 0 N–H and O–H groups in total. The van der Waals surface area contributed by atoms with Crippen LogP contribution in [-0.2, 0) is 22.4 Å². The molecule has 0 amide bonds. The van der Waals surface area contributed by atoms with Gasteiger partial charge in [0.05, 0.1) is 25.3 Å². The monoisotopic (exact) mass is 495 g/mol. The molecule has 0 unspecified atom stereocenters. The number of aryl methyl sites for hydroxylation is 2. The lowest BCUT2D eigenvalue weighted by Gasteiger charge is -2.36. The maximum Gasteiger partial charge on any atom is 0.325 e. The number of fused-ring (bicyclic) bond motifs is 2. The summed E-state index contributed by atoms with van der Waals surface area (Å²) in [5, 5.41) is 0.766. The fourth-order valence-corrected chi connectivity index (χ4v) is 5.77. The molecule has 3 aliphatic rings. The Balaban J connectivity index is 1.39. The molecule has 6 heteroatoms. The summed E-state index contributed by atoms with van der Waals surface area (Å²) in [5.74, 6) is 1.25. The van der Waals surface area contributed by atoms with Crippen LogP contribution < -0.4 is 9.47 Å². The summed E-state index contributed by atoms with van der Waals surface area (Å²) in [5.41, 5.74) is 5.63.